The van der Waals surface area contributed by atoms with E-state index in [4.69, 9.17) is 20.4 Å². The average molecular weight is 411 g/mol. The molecule has 1 aromatic carbocycles. The molecular formula is C21H19ClN4O3. The van der Waals surface area contributed by atoms with Gasteiger partial charge in [0.25, 0.3) is 5.89 Å². The van der Waals surface area contributed by atoms with Crippen molar-refractivity contribution < 1.29 is 13.6 Å². The largest absolute Gasteiger partial charge is 0.459 e. The van der Waals surface area contributed by atoms with E-state index in [1.807, 2.05) is 42.7 Å². The number of amides is 1. The number of hydrogen-bond acceptors (Lipinski definition) is 5. The highest BCUT2D eigenvalue weighted by Crippen LogP contribution is 2.28. The van der Waals surface area contributed by atoms with Crippen molar-refractivity contribution >= 4 is 17.5 Å². The van der Waals surface area contributed by atoms with E-state index in [-0.39, 0.29) is 12.5 Å². The van der Waals surface area contributed by atoms with Crippen molar-refractivity contribution in [1.29, 1.82) is 0 Å². The summed E-state index contributed by atoms with van der Waals surface area (Å²) in [5, 5.41) is 11.7. The molecule has 4 aromatic rings. The van der Waals surface area contributed by atoms with Gasteiger partial charge < -0.3 is 18.7 Å². The van der Waals surface area contributed by atoms with E-state index in [2.05, 4.69) is 15.5 Å². The van der Waals surface area contributed by atoms with Crippen LogP contribution < -0.4 is 5.32 Å². The van der Waals surface area contributed by atoms with Crippen LogP contribution in [0.15, 0.2) is 57.6 Å². The molecule has 0 aliphatic rings. The molecule has 8 heteroatoms. The Bertz CT molecular complexity index is 1140. The van der Waals surface area contributed by atoms with Crippen LogP contribution in [-0.2, 0) is 17.9 Å². The summed E-state index contributed by atoms with van der Waals surface area (Å²) in [6.07, 6.45) is 1.55. The monoisotopic (exact) mass is 410 g/mol. The summed E-state index contributed by atoms with van der Waals surface area (Å²) in [5.74, 6) is 1.11. The quantitative estimate of drug-likeness (QED) is 0.509. The Morgan fingerprint density at radius 3 is 2.72 bits per heavy atom. The lowest BCUT2D eigenvalue weighted by molar-refractivity contribution is -0.121. The van der Waals surface area contributed by atoms with Gasteiger partial charge in [0.1, 0.15) is 6.54 Å². The number of rotatable bonds is 6. The number of nitrogens with one attached hydrogen (secondary N) is 1. The number of halogens is 1. The van der Waals surface area contributed by atoms with Crippen LogP contribution in [0.2, 0.25) is 5.02 Å². The maximum Gasteiger partial charge on any atom is 0.283 e. The molecular weight excluding hydrogens is 392 g/mol. The van der Waals surface area contributed by atoms with E-state index in [1.165, 1.54) is 0 Å². The van der Waals surface area contributed by atoms with E-state index >= 15 is 0 Å². The topological polar surface area (TPSA) is 86.1 Å². The van der Waals surface area contributed by atoms with E-state index in [0.717, 1.165) is 22.5 Å². The molecule has 0 saturated heterocycles. The van der Waals surface area contributed by atoms with Gasteiger partial charge in [0.15, 0.2) is 5.76 Å². The highest BCUT2D eigenvalue weighted by molar-refractivity contribution is 6.30. The summed E-state index contributed by atoms with van der Waals surface area (Å²) >= 11 is 5.98. The van der Waals surface area contributed by atoms with Gasteiger partial charge in [-0.25, -0.2) is 0 Å². The number of carbonyl (C=O) groups is 1. The molecule has 0 bridgehead atoms. The van der Waals surface area contributed by atoms with E-state index in [0.29, 0.717) is 29.1 Å². The minimum absolute atomic E-state index is 0.0971. The molecule has 0 saturated carbocycles. The van der Waals surface area contributed by atoms with E-state index < -0.39 is 0 Å². The van der Waals surface area contributed by atoms with Gasteiger partial charge >= 0.3 is 0 Å². The van der Waals surface area contributed by atoms with Gasteiger partial charge in [-0.05, 0) is 49.7 Å². The zero-order chi connectivity index (χ0) is 20.4. The summed E-state index contributed by atoms with van der Waals surface area (Å²) in [5.41, 5.74) is 3.53. The molecule has 0 aliphatic heterocycles. The zero-order valence-corrected chi connectivity index (χ0v) is 16.7. The number of aryl methyl sites for hydroxylation is 1. The third kappa shape index (κ3) is 4.09. The molecule has 7 nitrogen and oxygen atoms in total. The third-order valence-electron chi connectivity index (χ3n) is 4.64. The Balaban J connectivity index is 1.48. The second-order valence-corrected chi connectivity index (χ2v) is 7.10. The second-order valence-electron chi connectivity index (χ2n) is 6.67. The van der Waals surface area contributed by atoms with Crippen LogP contribution in [0, 0.1) is 13.8 Å². The summed E-state index contributed by atoms with van der Waals surface area (Å²) in [7, 11) is 0. The predicted octanol–water partition coefficient (Wildman–Crippen LogP) is 4.38. The molecule has 3 aromatic heterocycles. The van der Waals surface area contributed by atoms with Gasteiger partial charge in [0.05, 0.1) is 11.8 Å². The molecule has 3 heterocycles. The Kier molecular flexibility index (Phi) is 5.22. The van der Waals surface area contributed by atoms with Crippen molar-refractivity contribution in [2.24, 2.45) is 0 Å². The first-order valence-corrected chi connectivity index (χ1v) is 9.44. The van der Waals surface area contributed by atoms with Crippen molar-refractivity contribution in [3.8, 4) is 23.1 Å². The SMILES string of the molecule is Cc1cc(-c2nnc(-c3ccco3)o2)c(C)n1CC(=O)NCc1cccc(Cl)c1. The molecule has 29 heavy (non-hydrogen) atoms. The van der Waals surface area contributed by atoms with Gasteiger partial charge in [0, 0.05) is 23.0 Å². The van der Waals surface area contributed by atoms with Crippen molar-refractivity contribution in [3.05, 3.63) is 70.7 Å². The number of benzene rings is 1. The molecule has 0 aliphatic carbocycles. The highest BCUT2D eigenvalue weighted by Gasteiger charge is 2.19. The van der Waals surface area contributed by atoms with Gasteiger partial charge in [-0.2, -0.15) is 0 Å². The van der Waals surface area contributed by atoms with Crippen LogP contribution in [0.4, 0.5) is 0 Å². The lowest BCUT2D eigenvalue weighted by Gasteiger charge is -2.10. The minimum atomic E-state index is -0.0971. The zero-order valence-electron chi connectivity index (χ0n) is 16.0. The molecule has 4 rings (SSSR count). The van der Waals surface area contributed by atoms with Gasteiger partial charge in [-0.1, -0.05) is 23.7 Å². The molecule has 1 amide bonds. The molecule has 0 atom stereocenters. The van der Waals surface area contributed by atoms with Crippen molar-refractivity contribution in [2.45, 2.75) is 26.9 Å². The maximum atomic E-state index is 12.5. The normalized spacial score (nSPS) is 11.0. The van der Waals surface area contributed by atoms with E-state index in [1.54, 1.807) is 24.5 Å². The summed E-state index contributed by atoms with van der Waals surface area (Å²) in [4.78, 5) is 12.5. The Morgan fingerprint density at radius 1 is 1.14 bits per heavy atom. The fourth-order valence-corrected chi connectivity index (χ4v) is 3.35. The van der Waals surface area contributed by atoms with Crippen LogP contribution in [0.25, 0.3) is 23.1 Å². The van der Waals surface area contributed by atoms with Gasteiger partial charge in [-0.15, -0.1) is 10.2 Å². The van der Waals surface area contributed by atoms with Crippen molar-refractivity contribution in [2.75, 3.05) is 0 Å². The lowest BCUT2D eigenvalue weighted by atomic mass is 10.2. The maximum absolute atomic E-state index is 12.5. The van der Waals surface area contributed by atoms with Gasteiger partial charge in [0.2, 0.25) is 11.8 Å². The molecule has 148 valence electrons. The van der Waals surface area contributed by atoms with E-state index in [9.17, 15) is 4.79 Å². The number of nitrogens with zero attached hydrogens (tertiary/aromatic N) is 3. The predicted molar refractivity (Wildman–Crippen MR) is 108 cm³/mol. The lowest BCUT2D eigenvalue weighted by Crippen LogP contribution is -2.27. The average Bonchev–Trinajstić information content (AvgIpc) is 3.43. The first kappa shape index (κ1) is 19.0. The highest BCUT2D eigenvalue weighted by atomic mass is 35.5. The van der Waals surface area contributed by atoms with Crippen LogP contribution >= 0.6 is 11.6 Å². The number of furan rings is 1. The van der Waals surface area contributed by atoms with Crippen LogP contribution in [0.5, 0.6) is 0 Å². The minimum Gasteiger partial charge on any atom is -0.459 e. The standard InChI is InChI=1S/C21H19ClN4O3/c1-13-9-17(20-24-25-21(29-20)18-7-4-8-28-18)14(2)26(13)12-19(27)23-11-15-5-3-6-16(22)10-15/h3-10H,11-12H2,1-2H3,(H,23,27). The first-order chi connectivity index (χ1) is 14.0. The van der Waals surface area contributed by atoms with Crippen LogP contribution in [0.1, 0.15) is 17.0 Å². The number of hydrogen-bond donors (Lipinski definition) is 1. The van der Waals surface area contributed by atoms with Gasteiger partial charge in [-0.3, -0.25) is 4.79 Å². The molecule has 0 fully saturated rings. The van der Waals surface area contributed by atoms with Crippen LogP contribution in [-0.4, -0.2) is 20.7 Å². The first-order valence-electron chi connectivity index (χ1n) is 9.07. The smallest absolute Gasteiger partial charge is 0.283 e. The summed E-state index contributed by atoms with van der Waals surface area (Å²) < 4.78 is 12.9. The molecule has 0 unspecified atom stereocenters. The van der Waals surface area contributed by atoms with Crippen molar-refractivity contribution in [3.63, 3.8) is 0 Å². The number of aromatic nitrogens is 3. The molecule has 1 N–H and O–H groups in total. The third-order valence-corrected chi connectivity index (χ3v) is 4.88. The fourth-order valence-electron chi connectivity index (χ4n) is 3.14. The second kappa shape index (κ2) is 7.97. The van der Waals surface area contributed by atoms with Crippen molar-refractivity contribution in [1.82, 2.24) is 20.1 Å². The summed E-state index contributed by atoms with van der Waals surface area (Å²) in [6.45, 7) is 4.47. The Morgan fingerprint density at radius 2 is 1.97 bits per heavy atom. The number of carbonyl (C=O) groups excluding carboxylic acids is 1. The molecule has 0 spiro atoms. The van der Waals surface area contributed by atoms with Crippen LogP contribution in [0.3, 0.4) is 0 Å². The summed E-state index contributed by atoms with van der Waals surface area (Å²) in [6, 6.07) is 12.9. The fraction of sp³-hybridized carbons (Fsp3) is 0.190. The molecule has 0 radical (unpaired) electrons. The Labute approximate surface area is 172 Å². The Hall–Kier alpha value is -3.32.